The number of aliphatic hydroxyl groups is 1. The van der Waals surface area contributed by atoms with E-state index >= 15 is 0 Å². The molecule has 304 valence electrons. The molecule has 0 aliphatic rings. The van der Waals surface area contributed by atoms with Gasteiger partial charge in [0.25, 0.3) is 0 Å². The predicted molar refractivity (Wildman–Crippen MR) is 220 cm³/mol. The van der Waals surface area contributed by atoms with Crippen molar-refractivity contribution in [1.82, 2.24) is 30.2 Å². The number of benzene rings is 4. The van der Waals surface area contributed by atoms with Crippen molar-refractivity contribution in [3.63, 3.8) is 0 Å². The van der Waals surface area contributed by atoms with Crippen molar-refractivity contribution in [2.45, 2.75) is 65.7 Å². The maximum absolute atomic E-state index is 13.7. The van der Waals surface area contributed by atoms with Gasteiger partial charge in [0.05, 0.1) is 24.5 Å². The third-order valence-corrected chi connectivity index (χ3v) is 11.0. The summed E-state index contributed by atoms with van der Waals surface area (Å²) < 4.78 is 69.3. The molecule has 58 heavy (non-hydrogen) atoms. The van der Waals surface area contributed by atoms with Gasteiger partial charge in [-0.3, -0.25) is 4.68 Å². The SMILES string of the molecule is CCn1c2ccc(CNCCc3cn(CCCOc4ccc(OCc5ccc(F)c(C(F)(F)F)c5)c(CNCCO)c4)nn3)cc2c2ccc(-c3cc(C)cs3)cc21. The summed E-state index contributed by atoms with van der Waals surface area (Å²) in [5.74, 6) is -0.311. The van der Waals surface area contributed by atoms with Gasteiger partial charge in [0, 0.05) is 90.6 Å². The smallest absolute Gasteiger partial charge is 0.419 e. The van der Waals surface area contributed by atoms with Crippen molar-refractivity contribution in [3.05, 3.63) is 130 Å². The second kappa shape index (κ2) is 18.5. The molecule has 0 atom stereocenters. The van der Waals surface area contributed by atoms with Gasteiger partial charge < -0.3 is 29.8 Å². The highest BCUT2D eigenvalue weighted by atomic mass is 32.1. The average molecular weight is 815 g/mol. The first-order valence-electron chi connectivity index (χ1n) is 19.4. The summed E-state index contributed by atoms with van der Waals surface area (Å²) in [6, 6.07) is 23.8. The Balaban J connectivity index is 0.877. The summed E-state index contributed by atoms with van der Waals surface area (Å²) in [6.07, 6.45) is -1.44. The summed E-state index contributed by atoms with van der Waals surface area (Å²) in [5.41, 5.74) is 6.72. The molecule has 9 nitrogen and oxygen atoms in total. The molecule has 0 unspecified atom stereocenters. The average Bonchev–Trinajstić information content (AvgIpc) is 3.94. The predicted octanol–water partition coefficient (Wildman–Crippen LogP) is 9.06. The Hall–Kier alpha value is -5.28. The van der Waals surface area contributed by atoms with Gasteiger partial charge in [0.2, 0.25) is 0 Å². The highest BCUT2D eigenvalue weighted by Gasteiger charge is 2.34. The lowest BCUT2D eigenvalue weighted by atomic mass is 10.1. The first kappa shape index (κ1) is 40.9. The maximum atomic E-state index is 13.7. The molecule has 7 rings (SSSR count). The zero-order chi connectivity index (χ0) is 40.6. The van der Waals surface area contributed by atoms with Gasteiger partial charge in [-0.25, -0.2) is 4.39 Å². The van der Waals surface area contributed by atoms with Crippen molar-refractivity contribution in [3.8, 4) is 21.9 Å². The number of aliphatic hydroxyl groups excluding tert-OH is 1. The molecule has 0 saturated carbocycles. The Bertz CT molecular complexity index is 2480. The van der Waals surface area contributed by atoms with Crippen molar-refractivity contribution < 1.29 is 32.1 Å². The minimum absolute atomic E-state index is 0.0659. The lowest BCUT2D eigenvalue weighted by Gasteiger charge is -2.15. The molecule has 0 aliphatic heterocycles. The summed E-state index contributed by atoms with van der Waals surface area (Å²) in [4.78, 5) is 1.29. The number of rotatable bonds is 19. The number of aryl methyl sites for hydroxylation is 3. The second-order valence-electron chi connectivity index (χ2n) is 14.2. The number of aromatic nitrogens is 4. The fraction of sp³-hybridized carbons (Fsp3) is 0.318. The molecule has 0 saturated heterocycles. The molecule has 4 aromatic carbocycles. The lowest BCUT2D eigenvalue weighted by molar-refractivity contribution is -0.140. The first-order valence-corrected chi connectivity index (χ1v) is 20.2. The summed E-state index contributed by atoms with van der Waals surface area (Å²) in [5, 5.41) is 29.2. The second-order valence-corrected chi connectivity index (χ2v) is 15.1. The van der Waals surface area contributed by atoms with Crippen molar-refractivity contribution in [1.29, 1.82) is 0 Å². The molecule has 0 amide bonds. The van der Waals surface area contributed by atoms with Gasteiger partial charge in [-0.2, -0.15) is 13.2 Å². The minimum atomic E-state index is -4.81. The van der Waals surface area contributed by atoms with E-state index in [1.807, 2.05) is 10.9 Å². The molecular formula is C44H46F4N6O3S. The highest BCUT2D eigenvalue weighted by molar-refractivity contribution is 7.13. The third kappa shape index (κ3) is 9.87. The van der Waals surface area contributed by atoms with Crippen molar-refractivity contribution in [2.75, 3.05) is 26.3 Å². The van der Waals surface area contributed by atoms with Crippen LogP contribution < -0.4 is 20.1 Å². The van der Waals surface area contributed by atoms with Crippen molar-refractivity contribution in [2.24, 2.45) is 0 Å². The van der Waals surface area contributed by atoms with Gasteiger partial charge in [0.15, 0.2) is 0 Å². The third-order valence-electron chi connectivity index (χ3n) is 9.90. The van der Waals surface area contributed by atoms with Crippen LogP contribution in [0.5, 0.6) is 11.5 Å². The molecule has 3 heterocycles. The van der Waals surface area contributed by atoms with E-state index in [9.17, 15) is 22.7 Å². The molecule has 7 aromatic rings. The Morgan fingerprint density at radius 1 is 0.862 bits per heavy atom. The van der Waals surface area contributed by atoms with E-state index < -0.39 is 17.6 Å². The summed E-state index contributed by atoms with van der Waals surface area (Å²) in [6.45, 7) is 8.18. The van der Waals surface area contributed by atoms with E-state index in [4.69, 9.17) is 9.47 Å². The first-order chi connectivity index (χ1) is 28.1. The molecule has 0 radical (unpaired) electrons. The number of thiophene rings is 1. The van der Waals surface area contributed by atoms with Crippen LogP contribution in [-0.2, 0) is 45.4 Å². The van der Waals surface area contributed by atoms with Crippen LogP contribution in [0.15, 0.2) is 90.4 Å². The highest BCUT2D eigenvalue weighted by Crippen LogP contribution is 2.36. The normalized spacial score (nSPS) is 11.9. The fourth-order valence-electron chi connectivity index (χ4n) is 7.03. The Morgan fingerprint density at radius 3 is 2.50 bits per heavy atom. The number of fused-ring (bicyclic) bond motifs is 3. The minimum Gasteiger partial charge on any atom is -0.494 e. The summed E-state index contributed by atoms with van der Waals surface area (Å²) in [7, 11) is 0. The fourth-order valence-corrected chi connectivity index (χ4v) is 7.93. The van der Waals surface area contributed by atoms with Crippen LogP contribution in [0.2, 0.25) is 0 Å². The van der Waals surface area contributed by atoms with Gasteiger partial charge in [-0.15, -0.1) is 16.4 Å². The standard InChI is InChI=1S/C44H46F4N6O3S/c1-3-54-40-11-6-30(20-37(40)36-9-7-32(23-41(36)54)43-19-29(2)28-58-43)24-49-14-13-34-26-53(52-51-34)16-4-18-56-35-8-12-42(33(22-35)25-50-15-17-55)57-27-31-5-10-39(45)38(21-31)44(46,47)48/h5-12,19-23,26,28,49-50,55H,3-4,13-18,24-25,27H2,1-2H3. The number of nitrogens with one attached hydrogen (secondary N) is 2. The lowest BCUT2D eigenvalue weighted by Crippen LogP contribution is -2.18. The summed E-state index contributed by atoms with van der Waals surface area (Å²) >= 11 is 1.79. The topological polar surface area (TPSA) is 98.4 Å². The largest absolute Gasteiger partial charge is 0.494 e. The van der Waals surface area contributed by atoms with Crippen LogP contribution in [-0.4, -0.2) is 51.0 Å². The van der Waals surface area contributed by atoms with Crippen LogP contribution in [0.25, 0.3) is 32.2 Å². The van der Waals surface area contributed by atoms with E-state index in [1.54, 1.807) is 29.5 Å². The molecule has 14 heteroatoms. The van der Waals surface area contributed by atoms with Crippen LogP contribution in [0, 0.1) is 12.7 Å². The van der Waals surface area contributed by atoms with Crippen LogP contribution >= 0.6 is 11.3 Å². The number of nitrogens with zero attached hydrogens (tertiary/aromatic N) is 4. The van der Waals surface area contributed by atoms with Crippen LogP contribution in [0.4, 0.5) is 17.6 Å². The Labute approximate surface area is 338 Å². The van der Waals surface area contributed by atoms with Gasteiger partial charge in [0.1, 0.15) is 23.9 Å². The Kier molecular flexibility index (Phi) is 13.1. The zero-order valence-electron chi connectivity index (χ0n) is 32.4. The van der Waals surface area contributed by atoms with Gasteiger partial charge in [-0.05, 0) is 96.1 Å². The Morgan fingerprint density at radius 2 is 1.71 bits per heavy atom. The zero-order valence-corrected chi connectivity index (χ0v) is 33.2. The molecule has 3 N–H and O–H groups in total. The number of halogens is 4. The number of ether oxygens (including phenoxy) is 2. The maximum Gasteiger partial charge on any atom is 0.419 e. The van der Waals surface area contributed by atoms with Gasteiger partial charge >= 0.3 is 6.18 Å². The van der Waals surface area contributed by atoms with E-state index in [-0.39, 0.29) is 18.8 Å². The monoisotopic (exact) mass is 814 g/mol. The van der Waals surface area contributed by atoms with Crippen molar-refractivity contribution >= 4 is 33.1 Å². The quantitative estimate of drug-likeness (QED) is 0.0554. The number of alkyl halides is 3. The molecule has 0 bridgehead atoms. The molecular weight excluding hydrogens is 769 g/mol. The van der Waals surface area contributed by atoms with E-state index in [1.165, 1.54) is 49.4 Å². The molecule has 0 aliphatic carbocycles. The van der Waals surface area contributed by atoms with Crippen LogP contribution in [0.1, 0.15) is 46.9 Å². The van der Waals surface area contributed by atoms with E-state index in [0.717, 1.165) is 43.9 Å². The number of hydrogen-bond donors (Lipinski definition) is 3. The molecule has 0 spiro atoms. The van der Waals surface area contributed by atoms with Crippen LogP contribution in [0.3, 0.4) is 0 Å². The van der Waals surface area contributed by atoms with Gasteiger partial charge in [-0.1, -0.05) is 29.5 Å². The molecule has 0 fully saturated rings. The molecule has 3 aromatic heterocycles. The van der Waals surface area contributed by atoms with E-state index in [2.05, 4.69) is 87.2 Å². The van der Waals surface area contributed by atoms with E-state index in [0.29, 0.717) is 49.7 Å². The number of hydrogen-bond acceptors (Lipinski definition) is 8.